The summed E-state index contributed by atoms with van der Waals surface area (Å²) >= 11 is 0. The van der Waals surface area contributed by atoms with Gasteiger partial charge in [-0.05, 0) is 49.8 Å². The summed E-state index contributed by atoms with van der Waals surface area (Å²) in [5.74, 6) is 0.761. The van der Waals surface area contributed by atoms with Crippen LogP contribution in [0.3, 0.4) is 0 Å². The summed E-state index contributed by atoms with van der Waals surface area (Å²) in [6.07, 6.45) is 7.00. The van der Waals surface area contributed by atoms with Crippen molar-refractivity contribution in [1.82, 2.24) is 4.90 Å². The van der Waals surface area contributed by atoms with E-state index < -0.39 is 0 Å². The van der Waals surface area contributed by atoms with Gasteiger partial charge in [-0.1, -0.05) is 25.0 Å². The van der Waals surface area contributed by atoms with Gasteiger partial charge >= 0.3 is 5.97 Å². The van der Waals surface area contributed by atoms with Gasteiger partial charge in [0, 0.05) is 26.1 Å². The average molecular weight is 376 g/mol. The lowest BCUT2D eigenvalue weighted by Gasteiger charge is -2.37. The molecule has 1 saturated carbocycles. The van der Waals surface area contributed by atoms with Crippen LogP contribution in [0.2, 0.25) is 0 Å². The van der Waals surface area contributed by atoms with Crippen LogP contribution in [0.15, 0.2) is 18.2 Å². The minimum absolute atomic E-state index is 0.0485. The summed E-state index contributed by atoms with van der Waals surface area (Å²) in [6, 6.07) is 6.80. The fourth-order valence-electron chi connectivity index (χ4n) is 4.50. The molecule has 2 fully saturated rings. The molecule has 0 aromatic heterocycles. The van der Waals surface area contributed by atoms with Gasteiger partial charge in [0.1, 0.15) is 11.9 Å². The van der Waals surface area contributed by atoms with Gasteiger partial charge in [0.05, 0.1) is 19.8 Å². The monoisotopic (exact) mass is 375 g/mol. The number of hydrogen-bond acceptors (Lipinski definition) is 5. The number of likely N-dealkylation sites (tertiary alicyclic amines) is 1. The highest BCUT2D eigenvalue weighted by Crippen LogP contribution is 2.29. The van der Waals surface area contributed by atoms with E-state index in [4.69, 9.17) is 14.2 Å². The normalized spacial score (nSPS) is 26.1. The Hall–Kier alpha value is -1.59. The lowest BCUT2D eigenvalue weighted by molar-refractivity contribution is -0.145. The summed E-state index contributed by atoms with van der Waals surface area (Å²) in [5.41, 5.74) is 2.45. The van der Waals surface area contributed by atoms with Gasteiger partial charge in [0.15, 0.2) is 0 Å². The first-order chi connectivity index (χ1) is 13.1. The highest BCUT2D eigenvalue weighted by atomic mass is 16.5. The molecule has 5 nitrogen and oxygen atoms in total. The Morgan fingerprint density at radius 3 is 2.78 bits per heavy atom. The van der Waals surface area contributed by atoms with E-state index >= 15 is 0 Å². The van der Waals surface area contributed by atoms with Crippen molar-refractivity contribution >= 4 is 5.97 Å². The highest BCUT2D eigenvalue weighted by Gasteiger charge is 2.36. The van der Waals surface area contributed by atoms with Crippen molar-refractivity contribution in [1.29, 1.82) is 0 Å². The number of rotatable bonds is 7. The third kappa shape index (κ3) is 5.45. The number of carbonyl (C=O) groups is 1. The van der Waals surface area contributed by atoms with Crippen molar-refractivity contribution in [2.75, 3.05) is 26.8 Å². The van der Waals surface area contributed by atoms with Gasteiger partial charge in [-0.25, -0.2) is 0 Å². The summed E-state index contributed by atoms with van der Waals surface area (Å²) < 4.78 is 17.1. The van der Waals surface area contributed by atoms with Crippen molar-refractivity contribution in [3.8, 4) is 5.75 Å². The third-order valence-corrected chi connectivity index (χ3v) is 5.83. The molecule has 1 aromatic rings. The molecule has 2 aliphatic rings. The number of carbonyl (C=O) groups excluding carboxylic acids is 1. The first kappa shape index (κ1) is 20.2. The van der Waals surface area contributed by atoms with E-state index in [-0.39, 0.29) is 18.2 Å². The minimum Gasteiger partial charge on any atom is -0.496 e. The molecule has 1 aromatic carbocycles. The third-order valence-electron chi connectivity index (χ3n) is 5.83. The van der Waals surface area contributed by atoms with Gasteiger partial charge in [-0.2, -0.15) is 0 Å². The van der Waals surface area contributed by atoms with Crippen molar-refractivity contribution in [2.24, 2.45) is 0 Å². The Kier molecular flexibility index (Phi) is 7.13. The van der Waals surface area contributed by atoms with Crippen LogP contribution >= 0.6 is 0 Å². The quantitative estimate of drug-likeness (QED) is 0.683. The topological polar surface area (TPSA) is 48.0 Å². The van der Waals surface area contributed by atoms with E-state index in [0.717, 1.165) is 44.7 Å². The van der Waals surface area contributed by atoms with Gasteiger partial charge < -0.3 is 14.2 Å². The molecular formula is C22H33NO4. The molecule has 0 radical (unpaired) electrons. The Morgan fingerprint density at radius 1 is 1.22 bits per heavy atom. The summed E-state index contributed by atoms with van der Waals surface area (Å²) in [4.78, 5) is 13.7. The maximum absolute atomic E-state index is 11.2. The number of nitrogens with zero attached hydrogens (tertiary/aromatic N) is 1. The predicted molar refractivity (Wildman–Crippen MR) is 105 cm³/mol. The van der Waals surface area contributed by atoms with Crippen LogP contribution in [0, 0.1) is 6.92 Å². The fraction of sp³-hybridized carbons (Fsp3) is 0.682. The van der Waals surface area contributed by atoms with Crippen LogP contribution in [0.1, 0.15) is 50.2 Å². The second-order valence-corrected chi connectivity index (χ2v) is 7.83. The van der Waals surface area contributed by atoms with Crippen molar-refractivity contribution in [3.63, 3.8) is 0 Å². The molecule has 0 bridgehead atoms. The Bertz CT molecular complexity index is 633. The zero-order valence-electron chi connectivity index (χ0n) is 16.9. The van der Waals surface area contributed by atoms with E-state index in [0.29, 0.717) is 6.04 Å². The van der Waals surface area contributed by atoms with E-state index in [1.165, 1.54) is 37.3 Å². The second-order valence-electron chi connectivity index (χ2n) is 7.83. The van der Waals surface area contributed by atoms with Crippen LogP contribution in [0.5, 0.6) is 5.75 Å². The Morgan fingerprint density at radius 2 is 2.04 bits per heavy atom. The molecule has 1 saturated heterocycles. The molecule has 0 spiro atoms. The van der Waals surface area contributed by atoms with E-state index in [2.05, 4.69) is 24.0 Å². The van der Waals surface area contributed by atoms with Gasteiger partial charge in [-0.3, -0.25) is 9.69 Å². The van der Waals surface area contributed by atoms with Crippen LogP contribution in [-0.2, 0) is 20.7 Å². The van der Waals surface area contributed by atoms with Gasteiger partial charge in [0.2, 0.25) is 0 Å². The number of hydrogen-bond donors (Lipinski definition) is 0. The lowest BCUT2D eigenvalue weighted by Crippen LogP contribution is -2.46. The molecule has 3 rings (SSSR count). The summed E-state index contributed by atoms with van der Waals surface area (Å²) in [6.45, 7) is 6.17. The molecule has 1 aliphatic heterocycles. The lowest BCUT2D eigenvalue weighted by atomic mass is 9.91. The number of esters is 1. The summed E-state index contributed by atoms with van der Waals surface area (Å²) in [7, 11) is 1.71. The smallest absolute Gasteiger partial charge is 0.302 e. The van der Waals surface area contributed by atoms with Gasteiger partial charge in [-0.15, -0.1) is 0 Å². The predicted octanol–water partition coefficient (Wildman–Crippen LogP) is 3.51. The fourth-order valence-corrected chi connectivity index (χ4v) is 4.50. The largest absolute Gasteiger partial charge is 0.496 e. The molecule has 1 aliphatic carbocycles. The average Bonchev–Trinajstić information content (AvgIpc) is 3.10. The molecule has 1 heterocycles. The Labute approximate surface area is 163 Å². The molecule has 0 amide bonds. The molecule has 3 atom stereocenters. The maximum Gasteiger partial charge on any atom is 0.302 e. The molecule has 150 valence electrons. The molecule has 5 heteroatoms. The van der Waals surface area contributed by atoms with Gasteiger partial charge in [0.25, 0.3) is 0 Å². The molecule has 27 heavy (non-hydrogen) atoms. The van der Waals surface area contributed by atoms with Crippen LogP contribution < -0.4 is 4.74 Å². The number of benzene rings is 1. The zero-order valence-corrected chi connectivity index (χ0v) is 16.9. The first-order valence-electron chi connectivity index (χ1n) is 10.2. The van der Waals surface area contributed by atoms with E-state index in [9.17, 15) is 4.79 Å². The van der Waals surface area contributed by atoms with Crippen LogP contribution in [-0.4, -0.2) is 55.9 Å². The van der Waals surface area contributed by atoms with Crippen molar-refractivity contribution in [2.45, 2.75) is 70.6 Å². The molecular weight excluding hydrogens is 342 g/mol. The SMILES string of the molecule is COc1ccc(CCO[C@@H]2CCCCC2N2CC[C@@H](OC(C)=O)C2)cc1C. The standard InChI is InChI=1S/C22H33NO4/c1-16-14-18(8-9-21(16)25-3)11-13-26-22-7-5-4-6-20(22)23-12-10-19(15-23)27-17(2)24/h8-9,14,19-20,22H,4-7,10-13,15H2,1-3H3/t19-,20?,22-/m1/s1. The minimum atomic E-state index is -0.173. The molecule has 0 N–H and O–H groups in total. The van der Waals surface area contributed by atoms with E-state index in [1.54, 1.807) is 7.11 Å². The zero-order chi connectivity index (χ0) is 19.2. The van der Waals surface area contributed by atoms with Crippen LogP contribution in [0.25, 0.3) is 0 Å². The molecule has 1 unspecified atom stereocenters. The van der Waals surface area contributed by atoms with Crippen molar-refractivity contribution < 1.29 is 19.0 Å². The number of methoxy groups -OCH3 is 1. The number of aryl methyl sites for hydroxylation is 1. The maximum atomic E-state index is 11.2. The van der Waals surface area contributed by atoms with E-state index in [1.807, 2.05) is 6.07 Å². The summed E-state index contributed by atoms with van der Waals surface area (Å²) in [5, 5.41) is 0. The Balaban J connectivity index is 1.50. The first-order valence-corrected chi connectivity index (χ1v) is 10.2. The highest BCUT2D eigenvalue weighted by molar-refractivity contribution is 5.66. The number of ether oxygens (including phenoxy) is 3. The van der Waals surface area contributed by atoms with Crippen molar-refractivity contribution in [3.05, 3.63) is 29.3 Å². The second kappa shape index (κ2) is 9.56. The van der Waals surface area contributed by atoms with Crippen LogP contribution in [0.4, 0.5) is 0 Å².